The lowest BCUT2D eigenvalue weighted by molar-refractivity contribution is 0.0956. The summed E-state index contributed by atoms with van der Waals surface area (Å²) in [5.74, 6) is 3.38. The van der Waals surface area contributed by atoms with Crippen molar-refractivity contribution in [2.45, 2.75) is 64.3 Å². The molecule has 1 aromatic carbocycles. The van der Waals surface area contributed by atoms with Crippen molar-refractivity contribution < 1.29 is 10.2 Å². The highest BCUT2D eigenvalue weighted by molar-refractivity contribution is 6.90. The third-order valence-corrected chi connectivity index (χ3v) is 11.0. The quantitative estimate of drug-likeness (QED) is 0.628. The van der Waals surface area contributed by atoms with Crippen LogP contribution in [0.1, 0.15) is 58.8 Å². The van der Waals surface area contributed by atoms with E-state index < -0.39 is 14.2 Å². The van der Waals surface area contributed by atoms with E-state index in [1.165, 1.54) is 0 Å². The first-order valence-electron chi connectivity index (χ1n) is 8.17. The molecule has 1 atom stereocenters. The summed E-state index contributed by atoms with van der Waals surface area (Å²) in [6.07, 6.45) is -0.808. The molecule has 22 heavy (non-hydrogen) atoms. The van der Waals surface area contributed by atoms with Crippen molar-refractivity contribution in [3.8, 4) is 11.5 Å². The van der Waals surface area contributed by atoms with Crippen molar-refractivity contribution in [2.24, 2.45) is 0 Å². The summed E-state index contributed by atoms with van der Waals surface area (Å²) in [7, 11) is -1.70. The fraction of sp³-hybridized carbons (Fsp3) is 0.579. The second kappa shape index (κ2) is 7.96. The van der Waals surface area contributed by atoms with Gasteiger partial charge in [-0.15, -0.1) is 5.54 Å². The van der Waals surface area contributed by atoms with Gasteiger partial charge in [0.15, 0.2) is 0 Å². The van der Waals surface area contributed by atoms with Crippen LogP contribution in [0.5, 0.6) is 0 Å². The fourth-order valence-corrected chi connectivity index (χ4v) is 8.73. The van der Waals surface area contributed by atoms with E-state index in [0.29, 0.717) is 16.6 Å². The number of rotatable bonds is 5. The summed E-state index contributed by atoms with van der Waals surface area (Å²) in [6, 6.07) is 7.55. The van der Waals surface area contributed by atoms with Gasteiger partial charge >= 0.3 is 0 Å². The lowest BCUT2D eigenvalue weighted by Crippen LogP contribution is -2.43. The molecular weight excluding hydrogens is 288 g/mol. The zero-order valence-corrected chi connectivity index (χ0v) is 15.7. The molecule has 0 heterocycles. The van der Waals surface area contributed by atoms with Crippen LogP contribution in [0, 0.1) is 11.5 Å². The molecule has 122 valence electrons. The highest BCUT2D eigenvalue weighted by Crippen LogP contribution is 2.40. The van der Waals surface area contributed by atoms with Gasteiger partial charge in [0.1, 0.15) is 14.2 Å². The second-order valence-electron chi connectivity index (χ2n) is 6.97. The Hall–Kier alpha value is -1.08. The Balaban J connectivity index is 3.13. The van der Waals surface area contributed by atoms with Crippen molar-refractivity contribution in [2.75, 3.05) is 6.61 Å². The highest BCUT2D eigenvalue weighted by Gasteiger charge is 2.41. The van der Waals surface area contributed by atoms with Gasteiger partial charge in [-0.1, -0.05) is 59.6 Å². The SMILES string of the molecule is CC(C)[Si](C#Cc1ccc([C@H](O)CO)cc1)(C(C)C)C(C)C. The molecule has 0 amide bonds. The zero-order chi connectivity index (χ0) is 16.9. The molecule has 0 spiro atoms. The van der Waals surface area contributed by atoms with E-state index in [2.05, 4.69) is 53.0 Å². The molecule has 1 rings (SSSR count). The van der Waals surface area contributed by atoms with Gasteiger partial charge in [0.05, 0.1) is 6.61 Å². The Morgan fingerprint density at radius 2 is 1.36 bits per heavy atom. The van der Waals surface area contributed by atoms with Gasteiger partial charge < -0.3 is 10.2 Å². The molecule has 2 N–H and O–H groups in total. The fourth-order valence-electron chi connectivity index (χ4n) is 3.51. The topological polar surface area (TPSA) is 40.5 Å². The van der Waals surface area contributed by atoms with Crippen molar-refractivity contribution in [3.63, 3.8) is 0 Å². The molecular formula is C19H30O2Si. The van der Waals surface area contributed by atoms with E-state index in [9.17, 15) is 5.11 Å². The van der Waals surface area contributed by atoms with Gasteiger partial charge in [-0.25, -0.2) is 0 Å². The highest BCUT2D eigenvalue weighted by atomic mass is 28.3. The van der Waals surface area contributed by atoms with Gasteiger partial charge in [0.25, 0.3) is 0 Å². The van der Waals surface area contributed by atoms with Crippen molar-refractivity contribution in [1.82, 2.24) is 0 Å². The molecule has 0 aromatic heterocycles. The predicted molar refractivity (Wildman–Crippen MR) is 96.4 cm³/mol. The largest absolute Gasteiger partial charge is 0.393 e. The number of hydrogen-bond acceptors (Lipinski definition) is 2. The molecule has 0 aliphatic carbocycles. The van der Waals surface area contributed by atoms with E-state index in [4.69, 9.17) is 5.11 Å². The summed E-state index contributed by atoms with van der Waals surface area (Å²) in [5.41, 5.74) is 7.26. The Bertz CT molecular complexity index is 499. The van der Waals surface area contributed by atoms with E-state index in [0.717, 1.165) is 11.1 Å². The minimum atomic E-state index is -1.70. The van der Waals surface area contributed by atoms with Crippen LogP contribution in [-0.4, -0.2) is 24.9 Å². The smallest absolute Gasteiger partial charge is 0.146 e. The molecule has 1 aromatic rings. The molecule has 3 heteroatoms. The van der Waals surface area contributed by atoms with Gasteiger partial charge in [0.2, 0.25) is 0 Å². The molecule has 0 aliphatic rings. The molecule has 0 radical (unpaired) electrons. The third-order valence-electron chi connectivity index (χ3n) is 4.76. The minimum Gasteiger partial charge on any atom is -0.393 e. The lowest BCUT2D eigenvalue weighted by Gasteiger charge is -2.38. The van der Waals surface area contributed by atoms with E-state index in [-0.39, 0.29) is 6.61 Å². The Kier molecular flexibility index (Phi) is 6.86. The predicted octanol–water partition coefficient (Wildman–Crippen LogP) is 4.28. The molecule has 0 fully saturated rings. The monoisotopic (exact) mass is 318 g/mol. The van der Waals surface area contributed by atoms with Crippen LogP contribution in [0.2, 0.25) is 16.6 Å². The van der Waals surface area contributed by atoms with Gasteiger partial charge in [0, 0.05) is 5.56 Å². The van der Waals surface area contributed by atoms with Gasteiger partial charge in [-0.3, -0.25) is 0 Å². The summed E-state index contributed by atoms with van der Waals surface area (Å²) in [5, 5.41) is 18.6. The summed E-state index contributed by atoms with van der Waals surface area (Å²) >= 11 is 0. The van der Waals surface area contributed by atoms with Crippen LogP contribution < -0.4 is 0 Å². The Morgan fingerprint density at radius 1 is 0.909 bits per heavy atom. The van der Waals surface area contributed by atoms with Crippen molar-refractivity contribution in [3.05, 3.63) is 35.4 Å². The third kappa shape index (κ3) is 4.01. The first-order valence-corrected chi connectivity index (χ1v) is 10.4. The minimum absolute atomic E-state index is 0.255. The average molecular weight is 319 g/mol. The van der Waals surface area contributed by atoms with Crippen molar-refractivity contribution in [1.29, 1.82) is 0 Å². The number of hydrogen-bond donors (Lipinski definition) is 2. The van der Waals surface area contributed by atoms with Crippen LogP contribution >= 0.6 is 0 Å². The number of benzene rings is 1. The van der Waals surface area contributed by atoms with Crippen LogP contribution in [0.25, 0.3) is 0 Å². The normalized spacial score (nSPS) is 13.4. The Morgan fingerprint density at radius 3 is 1.73 bits per heavy atom. The molecule has 0 saturated carbocycles. The van der Waals surface area contributed by atoms with Crippen LogP contribution in [0.15, 0.2) is 24.3 Å². The summed E-state index contributed by atoms with van der Waals surface area (Å²) < 4.78 is 0. The number of aliphatic hydroxyl groups is 2. The molecule has 0 saturated heterocycles. The van der Waals surface area contributed by atoms with Gasteiger partial charge in [-0.2, -0.15) is 0 Å². The zero-order valence-electron chi connectivity index (χ0n) is 14.7. The van der Waals surface area contributed by atoms with E-state index in [1.807, 2.05) is 24.3 Å². The maximum Gasteiger partial charge on any atom is 0.146 e. The first kappa shape index (κ1) is 19.0. The Labute approximate surface area is 136 Å². The standard InChI is InChI=1S/C19H30O2Si/c1-14(2)22(15(3)4,16(5)6)12-11-17-7-9-18(10-8-17)19(21)13-20/h7-10,14-16,19-21H,13H2,1-6H3/t19-/m1/s1. The van der Waals surface area contributed by atoms with Crippen molar-refractivity contribution >= 4 is 8.07 Å². The van der Waals surface area contributed by atoms with E-state index in [1.54, 1.807) is 0 Å². The molecule has 0 aliphatic heterocycles. The molecule has 2 nitrogen and oxygen atoms in total. The maximum absolute atomic E-state index is 9.62. The molecule has 0 unspecified atom stereocenters. The van der Waals surface area contributed by atoms with Gasteiger partial charge in [-0.05, 0) is 34.3 Å². The summed E-state index contributed by atoms with van der Waals surface area (Å²) in [6.45, 7) is 13.6. The first-order chi connectivity index (χ1) is 10.3. The second-order valence-corrected chi connectivity index (χ2v) is 12.5. The van der Waals surface area contributed by atoms with Crippen LogP contribution in [0.3, 0.4) is 0 Å². The number of aliphatic hydroxyl groups excluding tert-OH is 2. The maximum atomic E-state index is 9.62. The lowest BCUT2D eigenvalue weighted by atomic mass is 10.1. The van der Waals surface area contributed by atoms with Crippen LogP contribution in [0.4, 0.5) is 0 Å². The molecule has 0 bridgehead atoms. The average Bonchev–Trinajstić information content (AvgIpc) is 2.46. The van der Waals surface area contributed by atoms with Crippen LogP contribution in [-0.2, 0) is 0 Å². The van der Waals surface area contributed by atoms with E-state index >= 15 is 0 Å². The summed E-state index contributed by atoms with van der Waals surface area (Å²) in [4.78, 5) is 0.